The summed E-state index contributed by atoms with van der Waals surface area (Å²) in [5.74, 6) is 1.74. The molecule has 0 radical (unpaired) electrons. The van der Waals surface area contributed by atoms with E-state index in [1.54, 1.807) is 30.8 Å². The van der Waals surface area contributed by atoms with Gasteiger partial charge in [-0.3, -0.25) is 4.79 Å². The number of carbonyl (C=O) groups is 1. The van der Waals surface area contributed by atoms with Crippen molar-refractivity contribution in [3.8, 4) is 0 Å². The summed E-state index contributed by atoms with van der Waals surface area (Å²) in [6.07, 6.45) is 8.30. The first kappa shape index (κ1) is 23.8. The number of nitrogens with zero attached hydrogens (tertiary/aromatic N) is 2. The third kappa shape index (κ3) is 11.4. The van der Waals surface area contributed by atoms with Crippen LogP contribution < -0.4 is 10.6 Å². The molecule has 0 aliphatic carbocycles. The van der Waals surface area contributed by atoms with Crippen LogP contribution in [-0.4, -0.2) is 75.2 Å². The summed E-state index contributed by atoms with van der Waals surface area (Å²) >= 11 is 1.78. The summed E-state index contributed by atoms with van der Waals surface area (Å²) in [5, 5.41) is 6.59. The van der Waals surface area contributed by atoms with Gasteiger partial charge in [-0.15, -0.1) is 24.0 Å². The highest BCUT2D eigenvalue weighted by Crippen LogP contribution is 2.16. The van der Waals surface area contributed by atoms with Crippen LogP contribution in [0.15, 0.2) is 4.99 Å². The lowest BCUT2D eigenvalue weighted by Gasteiger charge is -2.22. The quantitative estimate of drug-likeness (QED) is 0.233. The number of aliphatic imine (C=N–C) groups is 1. The fourth-order valence-corrected chi connectivity index (χ4v) is 2.61. The molecular formula is C16H33IN4O2S. The summed E-state index contributed by atoms with van der Waals surface area (Å²) in [5.41, 5.74) is 0. The number of hydrogen-bond acceptors (Lipinski definition) is 4. The maximum Gasteiger partial charge on any atom is 0.243 e. The van der Waals surface area contributed by atoms with Gasteiger partial charge in [0.15, 0.2) is 5.96 Å². The second kappa shape index (κ2) is 15.1. The number of nitrogens with one attached hydrogen (secondary N) is 2. The van der Waals surface area contributed by atoms with Crippen LogP contribution in [0.25, 0.3) is 0 Å². The first-order valence-corrected chi connectivity index (χ1v) is 9.85. The van der Waals surface area contributed by atoms with Gasteiger partial charge in [0.25, 0.3) is 0 Å². The highest BCUT2D eigenvalue weighted by atomic mass is 127. The largest absolute Gasteiger partial charge is 0.378 e. The van der Waals surface area contributed by atoms with Crippen molar-refractivity contribution in [2.24, 2.45) is 4.99 Å². The highest BCUT2D eigenvalue weighted by molar-refractivity contribution is 14.0. The summed E-state index contributed by atoms with van der Waals surface area (Å²) in [6, 6.07) is 0. The maximum absolute atomic E-state index is 11.7. The Morgan fingerprint density at radius 1 is 1.29 bits per heavy atom. The third-order valence-electron chi connectivity index (χ3n) is 3.74. The zero-order valence-corrected chi connectivity index (χ0v) is 18.3. The molecule has 0 aromatic rings. The smallest absolute Gasteiger partial charge is 0.243 e. The minimum atomic E-state index is 0. The van der Waals surface area contributed by atoms with Crippen molar-refractivity contribution in [3.63, 3.8) is 0 Å². The van der Waals surface area contributed by atoms with Crippen LogP contribution in [-0.2, 0) is 9.53 Å². The number of carbonyl (C=O) groups excluding carboxylic acids is 1. The van der Waals surface area contributed by atoms with Crippen molar-refractivity contribution in [2.45, 2.75) is 38.2 Å². The van der Waals surface area contributed by atoms with Gasteiger partial charge in [-0.05, 0) is 38.4 Å². The van der Waals surface area contributed by atoms with Gasteiger partial charge in [-0.2, -0.15) is 11.8 Å². The molecule has 1 heterocycles. The molecule has 1 atom stereocenters. The molecule has 1 saturated heterocycles. The standard InChI is InChI=1S/C16H32N4O2S.HI/c1-20(2)15(21)13-19-16(18-10-12-23-3)17-9-6-8-14-7-4-5-11-22-14;/h14H,4-13H2,1-3H3,(H2,17,18,19);1H. The Balaban J connectivity index is 0.00000529. The van der Waals surface area contributed by atoms with Crippen molar-refractivity contribution in [2.75, 3.05) is 52.3 Å². The fraction of sp³-hybridized carbons (Fsp3) is 0.875. The van der Waals surface area contributed by atoms with Gasteiger partial charge >= 0.3 is 0 Å². The van der Waals surface area contributed by atoms with E-state index in [-0.39, 0.29) is 36.4 Å². The normalized spacial score (nSPS) is 17.8. The van der Waals surface area contributed by atoms with E-state index < -0.39 is 0 Å². The number of rotatable bonds is 9. The first-order chi connectivity index (χ1) is 11.1. The number of halogens is 1. The van der Waals surface area contributed by atoms with Crippen molar-refractivity contribution in [1.82, 2.24) is 15.5 Å². The molecule has 1 amide bonds. The predicted octanol–water partition coefficient (Wildman–Crippen LogP) is 1.94. The summed E-state index contributed by atoms with van der Waals surface area (Å²) in [6.45, 7) is 2.77. The van der Waals surface area contributed by atoms with Crippen LogP contribution in [0.3, 0.4) is 0 Å². The molecule has 6 nitrogen and oxygen atoms in total. The van der Waals surface area contributed by atoms with Crippen LogP contribution in [0.2, 0.25) is 0 Å². The van der Waals surface area contributed by atoms with Gasteiger partial charge in [0, 0.05) is 39.5 Å². The molecule has 1 aliphatic rings. The Kier molecular flexibility index (Phi) is 14.9. The second-order valence-electron chi connectivity index (χ2n) is 5.93. The molecule has 0 saturated carbocycles. The number of amides is 1. The molecule has 142 valence electrons. The lowest BCUT2D eigenvalue weighted by Crippen LogP contribution is -2.40. The maximum atomic E-state index is 11.7. The Hall–Kier alpha value is -0.220. The Morgan fingerprint density at radius 3 is 2.67 bits per heavy atom. The van der Waals surface area contributed by atoms with Gasteiger partial charge < -0.3 is 20.3 Å². The van der Waals surface area contributed by atoms with Gasteiger partial charge in [0.1, 0.15) is 6.54 Å². The monoisotopic (exact) mass is 472 g/mol. The molecule has 1 fully saturated rings. The minimum Gasteiger partial charge on any atom is -0.378 e. The molecular weight excluding hydrogens is 439 g/mol. The summed E-state index contributed by atoms with van der Waals surface area (Å²) in [7, 11) is 3.49. The van der Waals surface area contributed by atoms with Crippen molar-refractivity contribution >= 4 is 47.6 Å². The predicted molar refractivity (Wildman–Crippen MR) is 114 cm³/mol. The van der Waals surface area contributed by atoms with Crippen molar-refractivity contribution < 1.29 is 9.53 Å². The van der Waals surface area contributed by atoms with Crippen LogP contribution in [0.5, 0.6) is 0 Å². The van der Waals surface area contributed by atoms with E-state index in [1.165, 1.54) is 19.3 Å². The van der Waals surface area contributed by atoms with Crippen LogP contribution in [0.1, 0.15) is 32.1 Å². The van der Waals surface area contributed by atoms with E-state index in [4.69, 9.17) is 4.74 Å². The van der Waals surface area contributed by atoms with Crippen LogP contribution in [0, 0.1) is 0 Å². The minimum absolute atomic E-state index is 0. The molecule has 2 N–H and O–H groups in total. The molecule has 8 heteroatoms. The first-order valence-electron chi connectivity index (χ1n) is 8.46. The van der Waals surface area contributed by atoms with E-state index in [1.807, 2.05) is 0 Å². The van der Waals surface area contributed by atoms with Gasteiger partial charge in [-0.25, -0.2) is 4.99 Å². The summed E-state index contributed by atoms with van der Waals surface area (Å²) < 4.78 is 5.74. The van der Waals surface area contributed by atoms with E-state index in [2.05, 4.69) is 21.9 Å². The summed E-state index contributed by atoms with van der Waals surface area (Å²) in [4.78, 5) is 17.6. The lowest BCUT2D eigenvalue weighted by molar-refractivity contribution is -0.127. The molecule has 1 rings (SSSR count). The SMILES string of the molecule is CSCCNC(=NCC(=O)N(C)C)NCCCC1CCCCO1.I. The number of ether oxygens (including phenoxy) is 1. The molecule has 1 unspecified atom stereocenters. The van der Waals surface area contributed by atoms with E-state index >= 15 is 0 Å². The van der Waals surface area contributed by atoms with E-state index in [0.717, 1.165) is 44.3 Å². The number of thioether (sulfide) groups is 1. The molecule has 0 aromatic carbocycles. The molecule has 1 aliphatic heterocycles. The zero-order valence-electron chi connectivity index (χ0n) is 15.2. The van der Waals surface area contributed by atoms with E-state index in [9.17, 15) is 4.79 Å². The third-order valence-corrected chi connectivity index (χ3v) is 4.35. The van der Waals surface area contributed by atoms with Crippen molar-refractivity contribution in [3.05, 3.63) is 0 Å². The second-order valence-corrected chi connectivity index (χ2v) is 6.92. The Morgan fingerprint density at radius 2 is 2.04 bits per heavy atom. The molecule has 0 bridgehead atoms. The molecule has 0 spiro atoms. The Labute approximate surface area is 168 Å². The van der Waals surface area contributed by atoms with Crippen LogP contribution in [0.4, 0.5) is 0 Å². The topological polar surface area (TPSA) is 66.0 Å². The Bertz CT molecular complexity index is 364. The molecule has 0 aromatic heterocycles. The fourth-order valence-electron chi connectivity index (χ4n) is 2.31. The average Bonchev–Trinajstić information content (AvgIpc) is 2.56. The van der Waals surface area contributed by atoms with Gasteiger partial charge in [-0.1, -0.05) is 0 Å². The number of guanidine groups is 1. The molecule has 24 heavy (non-hydrogen) atoms. The zero-order chi connectivity index (χ0) is 16.9. The number of likely N-dealkylation sites (N-methyl/N-ethyl adjacent to an activating group) is 1. The van der Waals surface area contributed by atoms with E-state index in [0.29, 0.717) is 6.10 Å². The van der Waals surface area contributed by atoms with Crippen molar-refractivity contribution in [1.29, 1.82) is 0 Å². The number of hydrogen-bond donors (Lipinski definition) is 2. The lowest BCUT2D eigenvalue weighted by atomic mass is 10.0. The van der Waals surface area contributed by atoms with Gasteiger partial charge in [0.2, 0.25) is 5.91 Å². The average molecular weight is 472 g/mol. The highest BCUT2D eigenvalue weighted by Gasteiger charge is 2.13. The van der Waals surface area contributed by atoms with Crippen LogP contribution >= 0.6 is 35.7 Å². The van der Waals surface area contributed by atoms with Gasteiger partial charge in [0.05, 0.1) is 6.10 Å².